The fourth-order valence-corrected chi connectivity index (χ4v) is 1.40. The van der Waals surface area contributed by atoms with Crippen molar-refractivity contribution in [2.24, 2.45) is 0 Å². The molecule has 4 heteroatoms. The summed E-state index contributed by atoms with van der Waals surface area (Å²) in [5, 5.41) is 9.83. The van der Waals surface area contributed by atoms with Gasteiger partial charge in [0.25, 0.3) is 0 Å². The molecule has 0 amide bonds. The van der Waals surface area contributed by atoms with Gasteiger partial charge in [0.15, 0.2) is 5.78 Å². The van der Waals surface area contributed by atoms with Gasteiger partial charge in [-0.05, 0) is 20.3 Å². The number of aliphatic hydroxyl groups is 1. The van der Waals surface area contributed by atoms with Gasteiger partial charge in [0.05, 0.1) is 13.0 Å². The van der Waals surface area contributed by atoms with Gasteiger partial charge in [0, 0.05) is 6.42 Å². The Bertz CT molecular complexity index is 233. The summed E-state index contributed by atoms with van der Waals surface area (Å²) in [4.78, 5) is 22.8. The van der Waals surface area contributed by atoms with E-state index in [0.717, 1.165) is 19.3 Å². The van der Waals surface area contributed by atoms with E-state index in [1.54, 1.807) is 6.92 Å². The van der Waals surface area contributed by atoms with Crippen molar-refractivity contribution >= 4 is 11.8 Å². The lowest BCUT2D eigenvalue weighted by atomic mass is 9.93. The van der Waals surface area contributed by atoms with Crippen LogP contribution in [0.25, 0.3) is 0 Å². The Morgan fingerprint density at radius 2 is 1.88 bits per heavy atom. The van der Waals surface area contributed by atoms with Crippen molar-refractivity contribution in [3.8, 4) is 0 Å². The zero-order valence-corrected chi connectivity index (χ0v) is 10.4. The summed E-state index contributed by atoms with van der Waals surface area (Å²) in [6.45, 7) is 5.37. The molecular formula is C12H22O4. The van der Waals surface area contributed by atoms with E-state index in [9.17, 15) is 14.7 Å². The Morgan fingerprint density at radius 1 is 1.25 bits per heavy atom. The van der Waals surface area contributed by atoms with Gasteiger partial charge in [-0.15, -0.1) is 0 Å². The molecule has 0 saturated heterocycles. The van der Waals surface area contributed by atoms with Crippen LogP contribution in [0.4, 0.5) is 0 Å². The second-order valence-electron chi connectivity index (χ2n) is 4.14. The standard InChI is InChI=1S/C12H22O4/c1-4-6-7-8-10(13)12(3,15)9-11(14)16-5-2/h15H,4-9H2,1-3H3. The summed E-state index contributed by atoms with van der Waals surface area (Å²) in [5.41, 5.74) is -1.58. The van der Waals surface area contributed by atoms with Gasteiger partial charge in [-0.25, -0.2) is 0 Å². The number of esters is 1. The highest BCUT2D eigenvalue weighted by Crippen LogP contribution is 2.16. The van der Waals surface area contributed by atoms with Crippen LogP contribution in [0.2, 0.25) is 0 Å². The molecule has 0 heterocycles. The molecule has 0 aliphatic heterocycles. The summed E-state index contributed by atoms with van der Waals surface area (Å²) < 4.78 is 4.70. The SMILES string of the molecule is CCCCCC(=O)C(C)(O)CC(=O)OCC. The Balaban J connectivity index is 4.09. The molecule has 0 radical (unpaired) electrons. The number of ether oxygens (including phenoxy) is 1. The second kappa shape index (κ2) is 7.39. The van der Waals surface area contributed by atoms with E-state index < -0.39 is 11.6 Å². The summed E-state index contributed by atoms with van der Waals surface area (Å²) >= 11 is 0. The Labute approximate surface area is 97.0 Å². The van der Waals surface area contributed by atoms with Crippen molar-refractivity contribution in [3.05, 3.63) is 0 Å². The third-order valence-corrected chi connectivity index (χ3v) is 2.40. The maximum Gasteiger partial charge on any atom is 0.309 e. The molecule has 1 unspecified atom stereocenters. The van der Waals surface area contributed by atoms with Gasteiger partial charge in [-0.3, -0.25) is 9.59 Å². The quantitative estimate of drug-likeness (QED) is 0.510. The van der Waals surface area contributed by atoms with Crippen molar-refractivity contribution in [1.29, 1.82) is 0 Å². The van der Waals surface area contributed by atoms with E-state index in [1.165, 1.54) is 6.92 Å². The number of hydrogen-bond donors (Lipinski definition) is 1. The zero-order chi connectivity index (χ0) is 12.6. The van der Waals surface area contributed by atoms with Crippen LogP contribution in [-0.2, 0) is 14.3 Å². The van der Waals surface area contributed by atoms with Crippen LogP contribution < -0.4 is 0 Å². The van der Waals surface area contributed by atoms with E-state index in [0.29, 0.717) is 6.42 Å². The third-order valence-electron chi connectivity index (χ3n) is 2.40. The first-order chi connectivity index (χ1) is 7.44. The minimum absolute atomic E-state index is 0.258. The summed E-state index contributed by atoms with van der Waals surface area (Å²) in [6.07, 6.45) is 2.80. The van der Waals surface area contributed by atoms with Gasteiger partial charge < -0.3 is 9.84 Å². The predicted octanol–water partition coefficient (Wildman–Crippen LogP) is 1.84. The number of hydrogen-bond acceptors (Lipinski definition) is 4. The molecule has 0 aromatic carbocycles. The number of carbonyl (C=O) groups excluding carboxylic acids is 2. The lowest BCUT2D eigenvalue weighted by Gasteiger charge is -2.20. The van der Waals surface area contributed by atoms with Crippen LogP contribution in [0.15, 0.2) is 0 Å². The van der Waals surface area contributed by atoms with Crippen LogP contribution in [0, 0.1) is 0 Å². The number of Topliss-reactive ketones (excluding diaryl/α,β-unsaturated/α-hetero) is 1. The fraction of sp³-hybridized carbons (Fsp3) is 0.833. The minimum atomic E-state index is -1.58. The van der Waals surface area contributed by atoms with Crippen molar-refractivity contribution in [1.82, 2.24) is 0 Å². The topological polar surface area (TPSA) is 63.6 Å². The monoisotopic (exact) mass is 230 g/mol. The molecule has 16 heavy (non-hydrogen) atoms. The molecule has 0 aliphatic rings. The van der Waals surface area contributed by atoms with Crippen LogP contribution in [0.3, 0.4) is 0 Å². The molecule has 0 aromatic heterocycles. The average Bonchev–Trinajstić information content (AvgIpc) is 2.17. The first kappa shape index (κ1) is 15.1. The number of rotatable bonds is 8. The first-order valence-corrected chi connectivity index (χ1v) is 5.85. The smallest absolute Gasteiger partial charge is 0.309 e. The molecule has 4 nitrogen and oxygen atoms in total. The maximum atomic E-state index is 11.6. The van der Waals surface area contributed by atoms with Crippen molar-refractivity contribution in [3.63, 3.8) is 0 Å². The largest absolute Gasteiger partial charge is 0.466 e. The zero-order valence-electron chi connectivity index (χ0n) is 10.4. The molecule has 0 rings (SSSR count). The minimum Gasteiger partial charge on any atom is -0.466 e. The predicted molar refractivity (Wildman–Crippen MR) is 61.0 cm³/mol. The number of unbranched alkanes of at least 4 members (excludes halogenated alkanes) is 2. The normalized spacial score (nSPS) is 14.2. The Morgan fingerprint density at radius 3 is 2.38 bits per heavy atom. The highest BCUT2D eigenvalue weighted by molar-refractivity contribution is 5.90. The van der Waals surface area contributed by atoms with Gasteiger partial charge in [-0.2, -0.15) is 0 Å². The van der Waals surface area contributed by atoms with Gasteiger partial charge in [-0.1, -0.05) is 19.8 Å². The van der Waals surface area contributed by atoms with E-state index in [1.807, 2.05) is 6.92 Å². The van der Waals surface area contributed by atoms with Crippen LogP contribution in [-0.4, -0.2) is 29.1 Å². The average molecular weight is 230 g/mol. The van der Waals surface area contributed by atoms with E-state index in [-0.39, 0.29) is 18.8 Å². The highest BCUT2D eigenvalue weighted by atomic mass is 16.5. The molecule has 0 saturated carbocycles. The van der Waals surface area contributed by atoms with Crippen LogP contribution >= 0.6 is 0 Å². The maximum absolute atomic E-state index is 11.6. The fourth-order valence-electron chi connectivity index (χ4n) is 1.40. The molecular weight excluding hydrogens is 208 g/mol. The van der Waals surface area contributed by atoms with Gasteiger partial charge in [0.1, 0.15) is 5.60 Å². The molecule has 0 aliphatic carbocycles. The van der Waals surface area contributed by atoms with E-state index in [2.05, 4.69) is 0 Å². The molecule has 1 atom stereocenters. The molecule has 94 valence electrons. The summed E-state index contributed by atoms with van der Waals surface area (Å²) in [5.74, 6) is -0.814. The molecule has 0 aromatic rings. The first-order valence-electron chi connectivity index (χ1n) is 5.85. The molecule has 1 N–H and O–H groups in total. The molecule has 0 fully saturated rings. The van der Waals surface area contributed by atoms with Crippen LogP contribution in [0.1, 0.15) is 52.9 Å². The van der Waals surface area contributed by atoms with E-state index >= 15 is 0 Å². The second-order valence-corrected chi connectivity index (χ2v) is 4.14. The molecule has 0 bridgehead atoms. The summed E-state index contributed by atoms with van der Waals surface area (Å²) in [6, 6.07) is 0. The van der Waals surface area contributed by atoms with Crippen molar-refractivity contribution in [2.45, 2.75) is 58.5 Å². The van der Waals surface area contributed by atoms with Crippen molar-refractivity contribution < 1.29 is 19.4 Å². The summed E-state index contributed by atoms with van der Waals surface area (Å²) in [7, 11) is 0. The third kappa shape index (κ3) is 5.85. The Hall–Kier alpha value is -0.900. The van der Waals surface area contributed by atoms with E-state index in [4.69, 9.17) is 4.74 Å². The van der Waals surface area contributed by atoms with Gasteiger partial charge >= 0.3 is 5.97 Å². The highest BCUT2D eigenvalue weighted by Gasteiger charge is 2.32. The Kier molecular flexibility index (Phi) is 6.97. The lowest BCUT2D eigenvalue weighted by Crippen LogP contribution is -2.38. The van der Waals surface area contributed by atoms with Crippen LogP contribution in [0.5, 0.6) is 0 Å². The van der Waals surface area contributed by atoms with Gasteiger partial charge in [0.2, 0.25) is 0 Å². The van der Waals surface area contributed by atoms with Crippen molar-refractivity contribution in [2.75, 3.05) is 6.61 Å². The number of carbonyl (C=O) groups is 2. The number of ketones is 1. The lowest BCUT2D eigenvalue weighted by molar-refractivity contribution is -0.154. The molecule has 0 spiro atoms.